The summed E-state index contributed by atoms with van der Waals surface area (Å²) in [4.78, 5) is 0. The Labute approximate surface area is 113 Å². The molecule has 0 fully saturated rings. The van der Waals surface area contributed by atoms with Crippen LogP contribution in [-0.2, 0) is 0 Å². The van der Waals surface area contributed by atoms with Crippen LogP contribution >= 0.6 is 11.8 Å². The van der Waals surface area contributed by atoms with Gasteiger partial charge in [-0.15, -0.1) is 10.2 Å². The highest BCUT2D eigenvalue weighted by atomic mass is 32.2. The summed E-state index contributed by atoms with van der Waals surface area (Å²) in [6, 6.07) is 7.56. The molecule has 0 radical (unpaired) electrons. The number of thioether (sulfide) groups is 1. The van der Waals surface area contributed by atoms with Crippen LogP contribution in [0.3, 0.4) is 0 Å². The Bertz CT molecular complexity index is 595. The van der Waals surface area contributed by atoms with Gasteiger partial charge in [-0.25, -0.2) is 8.78 Å². The topological polar surface area (TPSA) is 43.1 Å². The van der Waals surface area contributed by atoms with Crippen molar-refractivity contribution in [3.8, 4) is 0 Å². The largest absolute Gasteiger partial charge is 0.299 e. The molecule has 1 aromatic heterocycles. The summed E-state index contributed by atoms with van der Waals surface area (Å²) in [5, 5.41) is 11.5. The van der Waals surface area contributed by atoms with Gasteiger partial charge in [0.1, 0.15) is 0 Å². The van der Waals surface area contributed by atoms with Crippen molar-refractivity contribution in [2.24, 2.45) is 5.10 Å². The van der Waals surface area contributed by atoms with E-state index in [1.807, 2.05) is 31.2 Å². The molecule has 1 aromatic carbocycles. The first kappa shape index (κ1) is 13.7. The number of aryl methyl sites for hydroxylation is 1. The Balaban J connectivity index is 2.37. The molecule has 100 valence electrons. The molecule has 0 aliphatic rings. The van der Waals surface area contributed by atoms with Gasteiger partial charge in [0, 0.05) is 0 Å². The molecular formula is C12H12F2N4S. The Morgan fingerprint density at radius 1 is 1.32 bits per heavy atom. The van der Waals surface area contributed by atoms with E-state index in [4.69, 9.17) is 0 Å². The van der Waals surface area contributed by atoms with E-state index in [-0.39, 0.29) is 0 Å². The monoisotopic (exact) mass is 282 g/mol. The van der Waals surface area contributed by atoms with Crippen LogP contribution in [0.1, 0.15) is 23.4 Å². The van der Waals surface area contributed by atoms with Crippen molar-refractivity contribution < 1.29 is 8.78 Å². The average molecular weight is 282 g/mol. The van der Waals surface area contributed by atoms with Gasteiger partial charge in [0.15, 0.2) is 0 Å². The van der Waals surface area contributed by atoms with Crippen LogP contribution in [0.4, 0.5) is 8.78 Å². The third-order valence-corrected chi connectivity index (χ3v) is 3.13. The zero-order valence-electron chi connectivity index (χ0n) is 10.4. The number of hydrogen-bond donors (Lipinski definition) is 0. The zero-order valence-corrected chi connectivity index (χ0v) is 11.2. The Hall–Kier alpha value is -1.76. The summed E-state index contributed by atoms with van der Waals surface area (Å²) in [6.07, 6.45) is 0.561. The van der Waals surface area contributed by atoms with Gasteiger partial charge in [0.05, 0.1) is 6.21 Å². The molecule has 0 amide bonds. The van der Waals surface area contributed by atoms with Gasteiger partial charge >= 0.3 is 0 Å². The normalized spacial score (nSPS) is 11.6. The molecule has 4 nitrogen and oxygen atoms in total. The van der Waals surface area contributed by atoms with Crippen molar-refractivity contribution >= 4 is 18.0 Å². The van der Waals surface area contributed by atoms with Crippen molar-refractivity contribution in [3.63, 3.8) is 0 Å². The highest BCUT2D eigenvalue weighted by Crippen LogP contribution is 2.21. The minimum Gasteiger partial charge on any atom is -0.201 e. The third-order valence-electron chi connectivity index (χ3n) is 2.51. The molecule has 0 saturated carbocycles. The lowest BCUT2D eigenvalue weighted by Crippen LogP contribution is -2.01. The van der Waals surface area contributed by atoms with Crippen LogP contribution in [0.2, 0.25) is 0 Å². The quantitative estimate of drug-likeness (QED) is 0.639. The maximum atomic E-state index is 12.8. The molecule has 0 aliphatic heterocycles. The van der Waals surface area contributed by atoms with E-state index in [0.29, 0.717) is 5.16 Å². The van der Waals surface area contributed by atoms with Crippen molar-refractivity contribution in [2.75, 3.05) is 6.26 Å². The molecule has 0 atom stereocenters. The molecule has 19 heavy (non-hydrogen) atoms. The van der Waals surface area contributed by atoms with Crippen molar-refractivity contribution in [1.82, 2.24) is 14.9 Å². The van der Waals surface area contributed by atoms with Crippen LogP contribution in [-0.4, -0.2) is 27.3 Å². The zero-order chi connectivity index (χ0) is 13.8. The molecule has 0 saturated heterocycles. The number of benzene rings is 1. The van der Waals surface area contributed by atoms with Gasteiger partial charge in [-0.3, -0.25) is 0 Å². The number of hydrogen-bond acceptors (Lipinski definition) is 4. The van der Waals surface area contributed by atoms with Gasteiger partial charge in [0.25, 0.3) is 6.43 Å². The molecule has 7 heteroatoms. The smallest absolute Gasteiger partial charge is 0.201 e. The van der Waals surface area contributed by atoms with Crippen molar-refractivity contribution in [3.05, 3.63) is 41.2 Å². The van der Waals surface area contributed by atoms with Gasteiger partial charge < -0.3 is 0 Å². The summed E-state index contributed by atoms with van der Waals surface area (Å²) in [6.45, 7) is 1.93. The Morgan fingerprint density at radius 3 is 2.68 bits per heavy atom. The highest BCUT2D eigenvalue weighted by molar-refractivity contribution is 7.98. The second-order valence-electron chi connectivity index (χ2n) is 3.76. The molecule has 0 spiro atoms. The van der Waals surface area contributed by atoms with Gasteiger partial charge in [-0.2, -0.15) is 9.78 Å². The summed E-state index contributed by atoms with van der Waals surface area (Å²) in [7, 11) is 0. The number of halogens is 2. The Kier molecular flexibility index (Phi) is 4.26. The number of nitrogens with zero attached hydrogens (tertiary/aromatic N) is 4. The molecule has 0 aliphatic carbocycles. The summed E-state index contributed by atoms with van der Waals surface area (Å²) in [5.74, 6) is -0.450. The fraction of sp³-hybridized carbons (Fsp3) is 0.250. The van der Waals surface area contributed by atoms with E-state index in [2.05, 4.69) is 15.3 Å². The van der Waals surface area contributed by atoms with E-state index in [1.165, 1.54) is 18.0 Å². The van der Waals surface area contributed by atoms with E-state index in [0.717, 1.165) is 15.8 Å². The fourth-order valence-corrected chi connectivity index (χ4v) is 1.94. The van der Waals surface area contributed by atoms with Gasteiger partial charge in [-0.1, -0.05) is 36.0 Å². The first-order chi connectivity index (χ1) is 9.13. The fourth-order valence-electron chi connectivity index (χ4n) is 1.50. The lowest BCUT2D eigenvalue weighted by molar-refractivity contribution is 0.135. The predicted molar refractivity (Wildman–Crippen MR) is 70.9 cm³/mol. The SMILES string of the molecule is CSc1nnc(C(F)F)n1/N=C\c1ccccc1C. The number of aromatic nitrogens is 3. The van der Waals surface area contributed by atoms with E-state index >= 15 is 0 Å². The van der Waals surface area contributed by atoms with Gasteiger partial charge in [0.2, 0.25) is 11.0 Å². The van der Waals surface area contributed by atoms with Crippen LogP contribution in [0, 0.1) is 6.92 Å². The summed E-state index contributed by atoms with van der Waals surface area (Å²) < 4.78 is 26.6. The third kappa shape index (κ3) is 2.98. The summed E-state index contributed by atoms with van der Waals surface area (Å²) in [5.41, 5.74) is 1.88. The molecule has 1 heterocycles. The van der Waals surface area contributed by atoms with Crippen LogP contribution in [0.15, 0.2) is 34.5 Å². The standard InChI is InChI=1S/C12H12F2N4S/c1-8-5-3-4-6-9(8)7-15-18-11(10(13)14)16-17-12(18)19-2/h3-7,10H,1-2H3/b15-7-. The average Bonchev–Trinajstić information content (AvgIpc) is 2.81. The first-order valence-electron chi connectivity index (χ1n) is 5.51. The van der Waals surface area contributed by atoms with Crippen molar-refractivity contribution in [2.45, 2.75) is 18.5 Å². The molecule has 0 unspecified atom stereocenters. The minimum atomic E-state index is -2.71. The molecule has 0 bridgehead atoms. The van der Waals surface area contributed by atoms with Crippen LogP contribution < -0.4 is 0 Å². The maximum Gasteiger partial charge on any atom is 0.299 e. The summed E-state index contributed by atoms with van der Waals surface area (Å²) >= 11 is 1.22. The number of rotatable bonds is 4. The second-order valence-corrected chi connectivity index (χ2v) is 4.53. The lowest BCUT2D eigenvalue weighted by atomic mass is 10.1. The molecule has 2 aromatic rings. The molecule has 0 N–H and O–H groups in total. The second kappa shape index (κ2) is 5.92. The highest BCUT2D eigenvalue weighted by Gasteiger charge is 2.19. The lowest BCUT2D eigenvalue weighted by Gasteiger charge is -2.02. The van der Waals surface area contributed by atoms with Crippen molar-refractivity contribution in [1.29, 1.82) is 0 Å². The number of alkyl halides is 2. The molecule has 2 rings (SSSR count). The van der Waals surface area contributed by atoms with E-state index < -0.39 is 12.2 Å². The maximum absolute atomic E-state index is 12.8. The van der Waals surface area contributed by atoms with Crippen LogP contribution in [0.25, 0.3) is 0 Å². The first-order valence-corrected chi connectivity index (χ1v) is 6.73. The van der Waals surface area contributed by atoms with Crippen LogP contribution in [0.5, 0.6) is 0 Å². The molecular weight excluding hydrogens is 270 g/mol. The van der Waals surface area contributed by atoms with Gasteiger partial charge in [-0.05, 0) is 24.3 Å². The minimum absolute atomic E-state index is 0.333. The van der Waals surface area contributed by atoms with E-state index in [1.54, 1.807) is 6.26 Å². The predicted octanol–water partition coefficient (Wildman–Crippen LogP) is 3.13. The van der Waals surface area contributed by atoms with E-state index in [9.17, 15) is 8.78 Å². The Morgan fingerprint density at radius 2 is 2.05 bits per heavy atom.